The normalized spacial score (nSPS) is 18.9. The van der Waals surface area contributed by atoms with Crippen LogP contribution in [0.25, 0.3) is 0 Å². The van der Waals surface area contributed by atoms with Gasteiger partial charge < -0.3 is 5.11 Å². The summed E-state index contributed by atoms with van der Waals surface area (Å²) in [6.07, 6.45) is 0.506. The molecule has 4 aromatic rings. The fraction of sp³-hybridized carbons (Fsp3) is 0.152. The number of rotatable bonds is 8. The lowest BCUT2D eigenvalue weighted by Gasteiger charge is -2.53. The highest BCUT2D eigenvalue weighted by Crippen LogP contribution is 2.45. The Morgan fingerprint density at radius 3 is 1.72 bits per heavy atom. The number of carboxylic acids is 1. The summed E-state index contributed by atoms with van der Waals surface area (Å²) in [6, 6.07) is 39.6. The van der Waals surface area contributed by atoms with Gasteiger partial charge in [0.25, 0.3) is 0 Å². The summed E-state index contributed by atoms with van der Waals surface area (Å²) in [7, 11) is 0. The molecule has 1 unspecified atom stereocenters. The number of hydrogen-bond acceptors (Lipinski definition) is 4. The monoisotopic (exact) mass is 532 g/mol. The predicted octanol–water partition coefficient (Wildman–Crippen LogP) is 5.43. The van der Waals surface area contributed by atoms with Crippen LogP contribution in [-0.4, -0.2) is 39.1 Å². The first kappa shape index (κ1) is 25.2. The Kier molecular flexibility index (Phi) is 6.81. The van der Waals surface area contributed by atoms with Gasteiger partial charge in [-0.05, 0) is 34.2 Å². The van der Waals surface area contributed by atoms with Crippen molar-refractivity contribution < 1.29 is 14.7 Å². The van der Waals surface area contributed by atoms with E-state index in [4.69, 9.17) is 0 Å². The summed E-state index contributed by atoms with van der Waals surface area (Å²) >= 11 is 1.62. The Bertz CT molecular complexity index is 1410. The second-order valence-electron chi connectivity index (χ2n) is 9.80. The highest BCUT2D eigenvalue weighted by molar-refractivity contribution is 8.00. The van der Waals surface area contributed by atoms with Crippen molar-refractivity contribution in [2.45, 2.75) is 23.4 Å². The molecule has 0 aliphatic carbocycles. The summed E-state index contributed by atoms with van der Waals surface area (Å²) in [5.41, 5.74) is 4.13. The first-order valence-corrected chi connectivity index (χ1v) is 14.0. The molecule has 0 spiro atoms. The molecular formula is C33H28N2O3S. The van der Waals surface area contributed by atoms with E-state index in [-0.39, 0.29) is 17.0 Å². The van der Waals surface area contributed by atoms with Crippen molar-refractivity contribution in [3.63, 3.8) is 0 Å². The van der Waals surface area contributed by atoms with Crippen molar-refractivity contribution in [3.05, 3.63) is 155 Å². The number of benzene rings is 4. The van der Waals surface area contributed by atoms with Gasteiger partial charge in [-0.25, -0.2) is 4.79 Å². The van der Waals surface area contributed by atoms with Crippen LogP contribution in [-0.2, 0) is 21.5 Å². The van der Waals surface area contributed by atoms with Crippen molar-refractivity contribution in [2.24, 2.45) is 0 Å². The molecule has 2 N–H and O–H groups in total. The number of carbonyl (C=O) groups excluding carboxylic acids is 1. The van der Waals surface area contributed by atoms with E-state index in [0.717, 1.165) is 27.8 Å². The number of thioether (sulfide) groups is 1. The quantitative estimate of drug-likeness (QED) is 0.234. The summed E-state index contributed by atoms with van der Waals surface area (Å²) in [4.78, 5) is 27.8. The molecule has 2 aliphatic heterocycles. The molecule has 2 atom stereocenters. The van der Waals surface area contributed by atoms with Crippen LogP contribution in [0.3, 0.4) is 0 Å². The van der Waals surface area contributed by atoms with Gasteiger partial charge >= 0.3 is 5.97 Å². The molecule has 0 radical (unpaired) electrons. The van der Waals surface area contributed by atoms with Gasteiger partial charge in [0.2, 0.25) is 5.91 Å². The maximum atomic E-state index is 13.8. The summed E-state index contributed by atoms with van der Waals surface area (Å²) in [6.45, 7) is 0. The van der Waals surface area contributed by atoms with Gasteiger partial charge in [-0.1, -0.05) is 121 Å². The van der Waals surface area contributed by atoms with Crippen molar-refractivity contribution in [3.8, 4) is 0 Å². The molecule has 39 heavy (non-hydrogen) atoms. The molecule has 194 valence electrons. The number of nitrogens with one attached hydrogen (secondary N) is 1. The minimum absolute atomic E-state index is 0.121. The Hall–Kier alpha value is -4.13. The number of carboxylic acid groups (broad SMARTS) is 1. The first-order chi connectivity index (χ1) is 19.1. The maximum absolute atomic E-state index is 13.8. The number of fused-ring (bicyclic) bond motifs is 1. The van der Waals surface area contributed by atoms with Gasteiger partial charge in [0, 0.05) is 5.75 Å². The molecule has 6 heteroatoms. The third kappa shape index (κ3) is 4.46. The van der Waals surface area contributed by atoms with Gasteiger partial charge in [0.15, 0.2) is 0 Å². The fourth-order valence-electron chi connectivity index (χ4n) is 5.71. The molecule has 1 amide bonds. The van der Waals surface area contributed by atoms with Crippen LogP contribution in [0.2, 0.25) is 0 Å². The largest absolute Gasteiger partial charge is 0.477 e. The molecule has 5 nitrogen and oxygen atoms in total. The third-order valence-electron chi connectivity index (χ3n) is 7.50. The van der Waals surface area contributed by atoms with E-state index in [2.05, 4.69) is 41.7 Å². The zero-order chi connectivity index (χ0) is 26.8. The van der Waals surface area contributed by atoms with Crippen LogP contribution < -0.4 is 5.32 Å². The molecule has 2 aliphatic rings. The van der Waals surface area contributed by atoms with Crippen molar-refractivity contribution >= 4 is 23.6 Å². The number of aliphatic carboxylic acids is 1. The average Bonchev–Trinajstić information content (AvgIpc) is 2.99. The van der Waals surface area contributed by atoms with Gasteiger partial charge in [-0.2, -0.15) is 0 Å². The van der Waals surface area contributed by atoms with E-state index < -0.39 is 17.6 Å². The van der Waals surface area contributed by atoms with E-state index in [1.54, 1.807) is 11.8 Å². The molecule has 0 aromatic heterocycles. The van der Waals surface area contributed by atoms with Crippen LogP contribution in [0.1, 0.15) is 22.3 Å². The van der Waals surface area contributed by atoms with Crippen LogP contribution >= 0.6 is 11.8 Å². The zero-order valence-corrected chi connectivity index (χ0v) is 22.1. The number of hydrogen-bond donors (Lipinski definition) is 2. The smallest absolute Gasteiger partial charge is 0.352 e. The molecule has 1 saturated heterocycles. The van der Waals surface area contributed by atoms with Gasteiger partial charge in [0.1, 0.15) is 17.1 Å². The lowest BCUT2D eigenvalue weighted by Crippen LogP contribution is -2.72. The molecule has 6 rings (SSSR count). The summed E-state index contributed by atoms with van der Waals surface area (Å²) < 4.78 is 0. The second-order valence-corrected chi connectivity index (χ2v) is 10.9. The Labute approximate surface area is 232 Å². The minimum atomic E-state index is -1.06. The number of nitrogens with zero attached hydrogens (tertiary/aromatic N) is 1. The summed E-state index contributed by atoms with van der Waals surface area (Å²) in [5, 5.41) is 13.6. The topological polar surface area (TPSA) is 69.6 Å². The van der Waals surface area contributed by atoms with E-state index >= 15 is 0 Å². The van der Waals surface area contributed by atoms with Gasteiger partial charge in [-0.15, -0.1) is 11.8 Å². The summed E-state index contributed by atoms with van der Waals surface area (Å²) in [5.74, 6) is -0.723. The Morgan fingerprint density at radius 1 is 0.795 bits per heavy atom. The standard InChI is InChI=1S/C33H28N2O3S/c36-30-28(31-35(30)29(32(37)38)24(22-39-31)21-23-13-5-1-6-14-23)34-33(25-15-7-2-8-16-25,26-17-9-3-10-18-26)27-19-11-4-12-20-27/h1-20,28,31,34H,21-22H2,(H,37,38)/t28?,31-/m0/s1. The highest BCUT2D eigenvalue weighted by Gasteiger charge is 2.56. The van der Waals surface area contributed by atoms with Crippen molar-refractivity contribution in [1.29, 1.82) is 0 Å². The molecular weight excluding hydrogens is 504 g/mol. The average molecular weight is 533 g/mol. The lowest BCUT2D eigenvalue weighted by atomic mass is 9.76. The minimum Gasteiger partial charge on any atom is -0.477 e. The van der Waals surface area contributed by atoms with Crippen LogP contribution in [0.4, 0.5) is 0 Å². The van der Waals surface area contributed by atoms with Crippen LogP contribution in [0, 0.1) is 0 Å². The van der Waals surface area contributed by atoms with Gasteiger partial charge in [-0.3, -0.25) is 15.0 Å². The van der Waals surface area contributed by atoms with Gasteiger partial charge in [0.05, 0.1) is 5.54 Å². The highest BCUT2D eigenvalue weighted by atomic mass is 32.2. The molecule has 2 heterocycles. The van der Waals surface area contributed by atoms with Crippen LogP contribution in [0.15, 0.2) is 133 Å². The maximum Gasteiger partial charge on any atom is 0.352 e. The predicted molar refractivity (Wildman–Crippen MR) is 154 cm³/mol. The lowest BCUT2D eigenvalue weighted by molar-refractivity contribution is -0.149. The van der Waals surface area contributed by atoms with E-state index in [9.17, 15) is 14.7 Å². The fourth-order valence-corrected chi connectivity index (χ4v) is 7.06. The number of amides is 1. The van der Waals surface area contributed by atoms with Crippen molar-refractivity contribution in [1.82, 2.24) is 10.2 Å². The molecule has 0 saturated carbocycles. The van der Waals surface area contributed by atoms with Crippen molar-refractivity contribution in [2.75, 3.05) is 5.75 Å². The second kappa shape index (κ2) is 10.6. The first-order valence-electron chi connectivity index (χ1n) is 13.0. The van der Waals surface area contributed by atoms with E-state index in [1.165, 1.54) is 4.90 Å². The van der Waals surface area contributed by atoms with E-state index in [0.29, 0.717) is 12.2 Å². The Morgan fingerprint density at radius 2 is 1.26 bits per heavy atom. The molecule has 1 fully saturated rings. The number of β-lactam (4-membered cyclic amide) rings is 1. The van der Waals surface area contributed by atoms with Crippen LogP contribution in [0.5, 0.6) is 0 Å². The SMILES string of the molecule is O=C(O)C1=C(Cc2ccccc2)CS[C@H]2C(NC(c3ccccc3)(c3ccccc3)c3ccccc3)C(=O)N12. The zero-order valence-electron chi connectivity index (χ0n) is 21.2. The molecule has 4 aromatic carbocycles. The Balaban J connectivity index is 1.41. The third-order valence-corrected chi connectivity index (χ3v) is 8.84. The molecule has 0 bridgehead atoms. The van der Waals surface area contributed by atoms with E-state index in [1.807, 2.05) is 84.9 Å². The number of carbonyl (C=O) groups is 2.